The van der Waals surface area contributed by atoms with Gasteiger partial charge in [-0.2, -0.15) is 9.10 Å². The third-order valence-electron chi connectivity index (χ3n) is 4.55. The third-order valence-corrected chi connectivity index (χ3v) is 8.69. The van der Waals surface area contributed by atoms with Gasteiger partial charge in [0.15, 0.2) is 4.34 Å². The largest absolute Gasteiger partial charge is 1.00 e. The number of nitrogens with zero attached hydrogens (tertiary/aromatic N) is 4. The Bertz CT molecular complexity index is 1160. The molecule has 32 heavy (non-hydrogen) atoms. The number of hydrogen-bond donors (Lipinski definition) is 3. The number of nitrogens with one attached hydrogen (secondary N) is 2. The van der Waals surface area contributed by atoms with E-state index in [4.69, 9.17) is 5.41 Å². The molecule has 4 rings (SSSR count). The van der Waals surface area contributed by atoms with E-state index in [1.54, 1.807) is 6.92 Å². The number of hydrogen-bond acceptors (Lipinski definition) is 12. The molecule has 0 spiro atoms. The van der Waals surface area contributed by atoms with Crippen LogP contribution in [0, 0.1) is 12.3 Å². The maximum atomic E-state index is 12.7. The molecule has 0 saturated carbocycles. The normalized spacial score (nSPS) is 19.8. The predicted molar refractivity (Wildman–Crippen MR) is 111 cm³/mol. The standard InChI is InChI=1S/C16H16N6O5S4.Na/c1-6-18-16(31-20-6)30-4-7-3-28-13-10(12(24)21(13)11(7)14(25)26)19-9(23)2-8-5-29-15(17)22(8)27;/h5,10,13,17,27H,2-4H2,1H3,(H,19,23)(H,25,26);/q;+1/p-1/t10?,13-;/m0./s1. The second-order valence-corrected chi connectivity index (χ2v) is 10.5. The second kappa shape index (κ2) is 10.3. The average molecular weight is 523 g/mol. The van der Waals surface area contributed by atoms with E-state index in [1.807, 2.05) is 0 Å². The van der Waals surface area contributed by atoms with Crippen molar-refractivity contribution in [1.82, 2.24) is 24.3 Å². The van der Waals surface area contributed by atoms with E-state index in [1.165, 1.54) is 40.4 Å². The fourth-order valence-electron chi connectivity index (χ4n) is 3.13. The molecule has 2 aromatic rings. The summed E-state index contributed by atoms with van der Waals surface area (Å²) in [5.74, 6) is -1.12. The van der Waals surface area contributed by atoms with Gasteiger partial charge in [0.2, 0.25) is 10.7 Å². The summed E-state index contributed by atoms with van der Waals surface area (Å²) in [7, 11) is 0. The van der Waals surface area contributed by atoms with E-state index >= 15 is 0 Å². The van der Waals surface area contributed by atoms with Crippen LogP contribution in [-0.2, 0) is 20.8 Å². The Kier molecular flexibility index (Phi) is 8.11. The Labute approximate surface area is 220 Å². The molecule has 1 unspecified atom stereocenters. The quantitative estimate of drug-likeness (QED) is 0.143. The molecule has 2 aliphatic rings. The van der Waals surface area contributed by atoms with Crippen LogP contribution in [0.25, 0.3) is 0 Å². The van der Waals surface area contributed by atoms with Crippen LogP contribution in [0.5, 0.6) is 0 Å². The molecule has 2 aliphatic heterocycles. The number of carbonyl (C=O) groups is 3. The van der Waals surface area contributed by atoms with Crippen molar-refractivity contribution in [2.45, 2.75) is 29.1 Å². The van der Waals surface area contributed by atoms with Crippen molar-refractivity contribution in [3.05, 3.63) is 33.0 Å². The van der Waals surface area contributed by atoms with Gasteiger partial charge in [0.1, 0.15) is 17.2 Å². The van der Waals surface area contributed by atoms with Gasteiger partial charge in [-0.3, -0.25) is 19.9 Å². The Morgan fingerprint density at radius 3 is 2.81 bits per heavy atom. The van der Waals surface area contributed by atoms with Gasteiger partial charge in [-0.25, -0.2) is 4.98 Å². The SMILES string of the molecule is Cc1nsc(SCC2=C(C(=O)[O-])N3C(=O)C(NC(=O)Cc4csc(=N)n4O)[C@@H]3SC2)n1.[Na+]. The van der Waals surface area contributed by atoms with E-state index < -0.39 is 29.2 Å². The van der Waals surface area contributed by atoms with Crippen LogP contribution < -0.4 is 44.8 Å². The average Bonchev–Trinajstić information content (AvgIpc) is 3.29. The van der Waals surface area contributed by atoms with E-state index in [2.05, 4.69) is 14.7 Å². The smallest absolute Gasteiger partial charge is 0.543 e. The van der Waals surface area contributed by atoms with Crippen molar-refractivity contribution in [3.63, 3.8) is 0 Å². The van der Waals surface area contributed by atoms with Crippen LogP contribution in [0.4, 0.5) is 0 Å². The van der Waals surface area contributed by atoms with Crippen LogP contribution in [0.1, 0.15) is 11.5 Å². The molecule has 1 saturated heterocycles. The van der Waals surface area contributed by atoms with Crippen LogP contribution in [0.2, 0.25) is 0 Å². The van der Waals surface area contributed by atoms with Crippen molar-refractivity contribution < 1.29 is 54.3 Å². The van der Waals surface area contributed by atoms with Crippen molar-refractivity contribution in [2.24, 2.45) is 0 Å². The number of thioether (sulfide) groups is 2. The summed E-state index contributed by atoms with van der Waals surface area (Å²) in [5.41, 5.74) is 0.631. The molecule has 2 amide bonds. The monoisotopic (exact) mass is 522 g/mol. The molecule has 164 valence electrons. The minimum Gasteiger partial charge on any atom is -0.543 e. The molecule has 0 aromatic carbocycles. The zero-order valence-electron chi connectivity index (χ0n) is 16.9. The zero-order valence-corrected chi connectivity index (χ0v) is 22.1. The van der Waals surface area contributed by atoms with Crippen LogP contribution in [0.15, 0.2) is 21.0 Å². The first-order valence-electron chi connectivity index (χ1n) is 8.80. The Hall–Kier alpha value is -1.36. The van der Waals surface area contributed by atoms with Crippen molar-refractivity contribution in [1.29, 1.82) is 5.41 Å². The molecule has 0 bridgehead atoms. The van der Waals surface area contributed by atoms with E-state index in [9.17, 15) is 24.7 Å². The number of thiazole rings is 1. The number of aromatic nitrogens is 3. The van der Waals surface area contributed by atoms with Gasteiger partial charge in [-0.1, -0.05) is 11.8 Å². The summed E-state index contributed by atoms with van der Waals surface area (Å²) < 4.78 is 5.40. The Balaban J connectivity index is 0.00000289. The number of fused-ring (bicyclic) bond motifs is 1. The fraction of sp³-hybridized carbons (Fsp3) is 0.375. The first-order chi connectivity index (χ1) is 14.8. The molecule has 4 heterocycles. The third kappa shape index (κ3) is 4.93. The minimum atomic E-state index is -1.44. The number of rotatable bonds is 7. The van der Waals surface area contributed by atoms with Crippen molar-refractivity contribution in [3.8, 4) is 0 Å². The zero-order chi connectivity index (χ0) is 22.3. The summed E-state index contributed by atoms with van der Waals surface area (Å²) >= 11 is 4.91. The van der Waals surface area contributed by atoms with Gasteiger partial charge < -0.3 is 20.4 Å². The second-order valence-electron chi connectivity index (χ2n) is 6.61. The summed E-state index contributed by atoms with van der Waals surface area (Å²) in [5, 5.41) is 32.5. The van der Waals surface area contributed by atoms with E-state index in [0.717, 1.165) is 16.2 Å². The fourth-order valence-corrected chi connectivity index (χ4v) is 6.91. The molecule has 2 aromatic heterocycles. The number of carbonyl (C=O) groups excluding carboxylic acids is 3. The Morgan fingerprint density at radius 2 is 2.22 bits per heavy atom. The van der Waals surface area contributed by atoms with Gasteiger partial charge in [-0.05, 0) is 24.0 Å². The van der Waals surface area contributed by atoms with Gasteiger partial charge in [-0.15, -0.1) is 23.1 Å². The topological polar surface area (TPSA) is 164 Å². The Morgan fingerprint density at radius 1 is 1.47 bits per heavy atom. The molecule has 3 N–H and O–H groups in total. The number of amides is 2. The number of β-lactam (4-membered cyclic amide) rings is 1. The van der Waals surface area contributed by atoms with Gasteiger partial charge in [0.25, 0.3) is 5.91 Å². The molecule has 1 fully saturated rings. The number of carboxylic acids is 1. The molecular weight excluding hydrogens is 507 g/mol. The van der Waals surface area contributed by atoms with Crippen LogP contribution >= 0.6 is 46.4 Å². The molecule has 0 aliphatic carbocycles. The molecular formula is C16H15N6NaO5S4. The molecule has 0 radical (unpaired) electrons. The maximum Gasteiger partial charge on any atom is 1.00 e. The van der Waals surface area contributed by atoms with Crippen LogP contribution in [-0.4, -0.2) is 64.9 Å². The maximum absolute atomic E-state index is 12.7. The van der Waals surface area contributed by atoms with Gasteiger partial charge >= 0.3 is 29.6 Å². The van der Waals surface area contributed by atoms with Gasteiger partial charge in [0, 0.05) is 16.9 Å². The minimum absolute atomic E-state index is 0. The summed E-state index contributed by atoms with van der Waals surface area (Å²) in [6, 6.07) is -0.867. The first kappa shape index (κ1) is 25.3. The number of aryl methyl sites for hydroxylation is 1. The number of carboxylic acid groups (broad SMARTS) is 1. The summed E-state index contributed by atoms with van der Waals surface area (Å²) in [6.45, 7) is 1.77. The van der Waals surface area contributed by atoms with E-state index in [-0.39, 0.29) is 52.2 Å². The van der Waals surface area contributed by atoms with Crippen molar-refractivity contribution in [2.75, 3.05) is 11.5 Å². The number of aliphatic carboxylic acids is 1. The van der Waals surface area contributed by atoms with Crippen molar-refractivity contribution >= 4 is 64.2 Å². The van der Waals surface area contributed by atoms with Crippen LogP contribution in [0.3, 0.4) is 0 Å². The summed E-state index contributed by atoms with van der Waals surface area (Å²) in [6.07, 6.45) is -0.209. The predicted octanol–water partition coefficient (Wildman–Crippen LogP) is -3.83. The summed E-state index contributed by atoms with van der Waals surface area (Å²) in [4.78, 5) is 42.0. The molecule has 16 heteroatoms. The molecule has 2 atom stereocenters. The molecule has 11 nitrogen and oxygen atoms in total. The van der Waals surface area contributed by atoms with E-state index in [0.29, 0.717) is 32.0 Å². The van der Waals surface area contributed by atoms with Gasteiger partial charge in [0.05, 0.1) is 23.8 Å². The first-order valence-corrected chi connectivity index (χ1v) is 12.5.